The van der Waals surface area contributed by atoms with Crippen molar-refractivity contribution < 1.29 is 19.1 Å². The predicted octanol–water partition coefficient (Wildman–Crippen LogP) is 5.62. The van der Waals surface area contributed by atoms with Crippen LogP contribution in [0.5, 0.6) is 11.5 Å². The average molecular weight is 394 g/mol. The second-order valence-electron chi connectivity index (χ2n) is 6.15. The molecule has 0 saturated heterocycles. The summed E-state index contributed by atoms with van der Waals surface area (Å²) in [6.45, 7) is 0.184. The highest BCUT2D eigenvalue weighted by molar-refractivity contribution is 6.31. The van der Waals surface area contributed by atoms with Gasteiger partial charge in [0.25, 0.3) is 5.91 Å². The lowest BCUT2D eigenvalue weighted by atomic mass is 10.1. The van der Waals surface area contributed by atoms with E-state index in [0.717, 1.165) is 16.5 Å². The van der Waals surface area contributed by atoms with Crippen LogP contribution in [0.15, 0.2) is 77.2 Å². The van der Waals surface area contributed by atoms with Crippen molar-refractivity contribution in [3.8, 4) is 11.5 Å². The van der Waals surface area contributed by atoms with Crippen LogP contribution in [-0.4, -0.2) is 11.0 Å². The lowest BCUT2D eigenvalue weighted by molar-refractivity contribution is 0.0992. The number of anilines is 1. The first-order valence-electron chi connectivity index (χ1n) is 8.59. The van der Waals surface area contributed by atoms with Gasteiger partial charge in [0.2, 0.25) is 0 Å². The van der Waals surface area contributed by atoms with E-state index in [9.17, 15) is 9.90 Å². The number of carbonyl (C=O) groups excluding carboxylic acids is 1. The van der Waals surface area contributed by atoms with Gasteiger partial charge in [-0.3, -0.25) is 4.79 Å². The van der Waals surface area contributed by atoms with Crippen molar-refractivity contribution in [2.75, 3.05) is 5.32 Å². The quantitative estimate of drug-likeness (QED) is 0.431. The number of nitrogens with one attached hydrogen (secondary N) is 1. The number of phenols is 1. The van der Waals surface area contributed by atoms with E-state index in [1.807, 2.05) is 42.5 Å². The van der Waals surface area contributed by atoms with Gasteiger partial charge in [0.15, 0.2) is 5.76 Å². The van der Waals surface area contributed by atoms with Crippen LogP contribution < -0.4 is 10.1 Å². The van der Waals surface area contributed by atoms with Gasteiger partial charge < -0.3 is 19.6 Å². The Hall–Kier alpha value is -3.44. The molecule has 1 amide bonds. The summed E-state index contributed by atoms with van der Waals surface area (Å²) in [5.74, 6) is 0.784. The number of hydrogen-bond donors (Lipinski definition) is 2. The van der Waals surface area contributed by atoms with Crippen LogP contribution in [0, 0.1) is 0 Å². The van der Waals surface area contributed by atoms with Crippen molar-refractivity contribution in [3.05, 3.63) is 89.3 Å². The van der Waals surface area contributed by atoms with Gasteiger partial charge >= 0.3 is 0 Å². The third kappa shape index (κ3) is 3.80. The number of carbonyl (C=O) groups is 1. The van der Waals surface area contributed by atoms with Crippen molar-refractivity contribution in [2.45, 2.75) is 6.61 Å². The molecule has 0 unspecified atom stereocenters. The number of hydrogen-bond acceptors (Lipinski definition) is 4. The Morgan fingerprint density at radius 3 is 2.75 bits per heavy atom. The Morgan fingerprint density at radius 1 is 1.04 bits per heavy atom. The Bertz CT molecular complexity index is 1150. The summed E-state index contributed by atoms with van der Waals surface area (Å²) in [6.07, 6.45) is 0. The van der Waals surface area contributed by atoms with Gasteiger partial charge in [0.05, 0.1) is 5.69 Å². The number of ether oxygens (including phenoxy) is 1. The maximum Gasteiger partial charge on any atom is 0.291 e. The molecule has 0 aliphatic heterocycles. The first-order valence-corrected chi connectivity index (χ1v) is 8.97. The molecule has 0 aliphatic carbocycles. The SMILES string of the molecule is O=C(Nc1cc(Cl)ccc1O)c1ccc(COc2cccc3ccccc23)o1. The van der Waals surface area contributed by atoms with E-state index < -0.39 is 5.91 Å². The third-order valence-electron chi connectivity index (χ3n) is 4.21. The molecule has 0 saturated carbocycles. The highest BCUT2D eigenvalue weighted by Crippen LogP contribution is 2.28. The largest absolute Gasteiger partial charge is 0.506 e. The van der Waals surface area contributed by atoms with Gasteiger partial charge in [-0.1, -0.05) is 48.0 Å². The van der Waals surface area contributed by atoms with Crippen molar-refractivity contribution in [2.24, 2.45) is 0 Å². The molecule has 2 N–H and O–H groups in total. The van der Waals surface area contributed by atoms with Crippen LogP contribution in [0.2, 0.25) is 5.02 Å². The monoisotopic (exact) mass is 393 g/mol. The Morgan fingerprint density at radius 2 is 1.86 bits per heavy atom. The van der Waals surface area contributed by atoms with E-state index in [2.05, 4.69) is 5.32 Å². The summed E-state index contributed by atoms with van der Waals surface area (Å²) in [6, 6.07) is 21.4. The molecule has 0 spiro atoms. The van der Waals surface area contributed by atoms with Crippen molar-refractivity contribution >= 4 is 34.0 Å². The molecular weight excluding hydrogens is 378 g/mol. The minimum Gasteiger partial charge on any atom is -0.506 e. The molecule has 140 valence electrons. The minimum absolute atomic E-state index is 0.0798. The summed E-state index contributed by atoms with van der Waals surface area (Å²) >= 11 is 5.89. The molecule has 4 aromatic rings. The zero-order valence-corrected chi connectivity index (χ0v) is 15.4. The summed E-state index contributed by atoms with van der Waals surface area (Å²) in [5, 5.41) is 14.9. The molecule has 0 atom stereocenters. The topological polar surface area (TPSA) is 71.7 Å². The molecule has 0 aliphatic rings. The molecule has 3 aromatic carbocycles. The third-order valence-corrected chi connectivity index (χ3v) is 4.45. The highest BCUT2D eigenvalue weighted by atomic mass is 35.5. The number of rotatable bonds is 5. The Labute approximate surface area is 166 Å². The van der Waals surface area contributed by atoms with Gasteiger partial charge in [-0.05, 0) is 41.8 Å². The molecule has 28 heavy (non-hydrogen) atoms. The highest BCUT2D eigenvalue weighted by Gasteiger charge is 2.14. The number of halogens is 1. The smallest absolute Gasteiger partial charge is 0.291 e. The zero-order valence-electron chi connectivity index (χ0n) is 14.7. The molecule has 4 rings (SSSR count). The van der Waals surface area contributed by atoms with Crippen LogP contribution in [0.4, 0.5) is 5.69 Å². The fourth-order valence-electron chi connectivity index (χ4n) is 2.84. The van der Waals surface area contributed by atoms with Crippen LogP contribution in [0.3, 0.4) is 0 Å². The molecule has 6 heteroatoms. The lowest BCUT2D eigenvalue weighted by Gasteiger charge is -2.08. The first kappa shape index (κ1) is 17.9. The Balaban J connectivity index is 1.45. The Kier molecular flexibility index (Phi) is 4.91. The fourth-order valence-corrected chi connectivity index (χ4v) is 3.01. The number of fused-ring (bicyclic) bond motifs is 1. The molecular formula is C22H16ClNO4. The average Bonchev–Trinajstić information content (AvgIpc) is 3.18. The number of benzene rings is 3. The van der Waals surface area contributed by atoms with E-state index in [-0.39, 0.29) is 23.8 Å². The standard InChI is InChI=1S/C22H16ClNO4/c23-15-8-10-19(25)18(12-15)24-22(26)21-11-9-16(28-21)13-27-20-7-3-5-14-4-1-2-6-17(14)20/h1-12,25H,13H2,(H,24,26). The van der Waals surface area contributed by atoms with Crippen molar-refractivity contribution in [3.63, 3.8) is 0 Å². The molecule has 5 nitrogen and oxygen atoms in total. The van der Waals surface area contributed by atoms with Crippen LogP contribution in [0.25, 0.3) is 10.8 Å². The van der Waals surface area contributed by atoms with Gasteiger partial charge in [-0.2, -0.15) is 0 Å². The summed E-state index contributed by atoms with van der Waals surface area (Å²) < 4.78 is 11.4. The molecule has 0 radical (unpaired) electrons. The second-order valence-corrected chi connectivity index (χ2v) is 6.58. The summed E-state index contributed by atoms with van der Waals surface area (Å²) in [5.41, 5.74) is 0.211. The number of phenolic OH excluding ortho intramolecular Hbond substituents is 1. The van der Waals surface area contributed by atoms with E-state index in [0.29, 0.717) is 10.8 Å². The second kappa shape index (κ2) is 7.66. The maximum absolute atomic E-state index is 12.3. The molecule has 1 aromatic heterocycles. The summed E-state index contributed by atoms with van der Waals surface area (Å²) in [7, 11) is 0. The first-order chi connectivity index (χ1) is 13.6. The van der Waals surface area contributed by atoms with Gasteiger partial charge in [-0.25, -0.2) is 0 Å². The van der Waals surface area contributed by atoms with E-state index in [4.69, 9.17) is 20.8 Å². The molecule has 0 bridgehead atoms. The number of furan rings is 1. The maximum atomic E-state index is 12.3. The van der Waals surface area contributed by atoms with Crippen LogP contribution >= 0.6 is 11.6 Å². The van der Waals surface area contributed by atoms with Crippen molar-refractivity contribution in [1.82, 2.24) is 0 Å². The van der Waals surface area contributed by atoms with Gasteiger partial charge in [0, 0.05) is 10.4 Å². The lowest BCUT2D eigenvalue weighted by Crippen LogP contribution is -2.11. The fraction of sp³-hybridized carbons (Fsp3) is 0.0455. The van der Waals surface area contributed by atoms with E-state index in [1.165, 1.54) is 18.2 Å². The molecule has 1 heterocycles. The molecule has 0 fully saturated rings. The number of amides is 1. The summed E-state index contributed by atoms with van der Waals surface area (Å²) in [4.78, 5) is 12.3. The van der Waals surface area contributed by atoms with Crippen LogP contribution in [0.1, 0.15) is 16.3 Å². The van der Waals surface area contributed by atoms with Gasteiger partial charge in [0.1, 0.15) is 23.9 Å². The normalized spacial score (nSPS) is 10.8. The minimum atomic E-state index is -0.492. The van der Waals surface area contributed by atoms with E-state index in [1.54, 1.807) is 12.1 Å². The van der Waals surface area contributed by atoms with E-state index >= 15 is 0 Å². The van der Waals surface area contributed by atoms with Crippen LogP contribution in [-0.2, 0) is 6.61 Å². The number of aromatic hydroxyl groups is 1. The predicted molar refractivity (Wildman–Crippen MR) is 108 cm³/mol. The zero-order chi connectivity index (χ0) is 19.5. The van der Waals surface area contributed by atoms with Crippen molar-refractivity contribution in [1.29, 1.82) is 0 Å². The van der Waals surface area contributed by atoms with Gasteiger partial charge in [-0.15, -0.1) is 0 Å².